The second-order valence-corrected chi connectivity index (χ2v) is 9.45. The van der Waals surface area contributed by atoms with E-state index >= 15 is 0 Å². The molecule has 8 nitrogen and oxygen atoms in total. The molecule has 3 aromatic rings. The number of imidazole rings is 1. The smallest absolute Gasteiger partial charge is 0.337 e. The van der Waals surface area contributed by atoms with Crippen molar-refractivity contribution in [1.82, 2.24) is 9.55 Å². The van der Waals surface area contributed by atoms with Crippen molar-refractivity contribution in [1.29, 1.82) is 0 Å². The van der Waals surface area contributed by atoms with E-state index in [0.29, 0.717) is 12.5 Å². The minimum Gasteiger partial charge on any atom is -0.465 e. The normalized spacial score (nSPS) is 14.0. The molecular formula is C29H33N3O5. The molecule has 0 bridgehead atoms. The molecule has 0 unspecified atom stereocenters. The summed E-state index contributed by atoms with van der Waals surface area (Å²) in [6, 6.07) is 14.4. The third-order valence-electron chi connectivity index (χ3n) is 6.77. The minimum absolute atomic E-state index is 0.129. The fourth-order valence-corrected chi connectivity index (χ4v) is 4.84. The molecule has 37 heavy (non-hydrogen) atoms. The molecule has 1 heterocycles. The van der Waals surface area contributed by atoms with Crippen molar-refractivity contribution in [3.8, 4) is 0 Å². The van der Waals surface area contributed by atoms with Gasteiger partial charge in [0.2, 0.25) is 0 Å². The lowest BCUT2D eigenvalue weighted by Gasteiger charge is -2.15. The maximum Gasteiger partial charge on any atom is 0.337 e. The predicted molar refractivity (Wildman–Crippen MR) is 140 cm³/mol. The van der Waals surface area contributed by atoms with E-state index in [2.05, 4.69) is 22.0 Å². The largest absolute Gasteiger partial charge is 0.465 e. The number of esters is 2. The summed E-state index contributed by atoms with van der Waals surface area (Å²) in [5, 5.41) is 2.78. The van der Waals surface area contributed by atoms with Gasteiger partial charge in [0.05, 0.1) is 25.3 Å². The van der Waals surface area contributed by atoms with Crippen molar-refractivity contribution in [3.05, 3.63) is 82.9 Å². The van der Waals surface area contributed by atoms with Gasteiger partial charge in [0.25, 0.3) is 5.91 Å². The van der Waals surface area contributed by atoms with Crippen molar-refractivity contribution in [3.63, 3.8) is 0 Å². The van der Waals surface area contributed by atoms with Crippen LogP contribution in [0.2, 0.25) is 0 Å². The molecule has 1 amide bonds. The fraction of sp³-hybridized carbons (Fsp3) is 0.379. The Balaban J connectivity index is 1.61. The summed E-state index contributed by atoms with van der Waals surface area (Å²) in [6.45, 7) is 0.619. The van der Waals surface area contributed by atoms with Crippen molar-refractivity contribution in [2.45, 2.75) is 51.5 Å². The van der Waals surface area contributed by atoms with Gasteiger partial charge in [-0.1, -0.05) is 68.9 Å². The first-order valence-corrected chi connectivity index (χ1v) is 12.7. The van der Waals surface area contributed by atoms with Crippen LogP contribution < -0.4 is 5.32 Å². The van der Waals surface area contributed by atoms with Gasteiger partial charge < -0.3 is 19.4 Å². The number of hydrogen-bond acceptors (Lipinski definition) is 6. The standard InChI is InChI=1S/C29H33N3O5/c1-36-28(34)22-15-23(29(35)37-2)17-24(16-22)30-27(33)25-19-32(18-21-12-8-5-9-13-21)26(31-25)14-20-10-6-3-4-7-11-20/h5,8-9,12-13,15-17,19-20H,3-4,6-7,10-11,14,18H2,1-2H3,(H,30,33). The number of aromatic nitrogens is 2. The highest BCUT2D eigenvalue weighted by molar-refractivity contribution is 6.05. The molecule has 0 aliphatic heterocycles. The zero-order valence-corrected chi connectivity index (χ0v) is 21.4. The van der Waals surface area contributed by atoms with Gasteiger partial charge in [-0.2, -0.15) is 0 Å². The fourth-order valence-electron chi connectivity index (χ4n) is 4.84. The molecule has 194 valence electrons. The third-order valence-corrected chi connectivity index (χ3v) is 6.77. The number of anilines is 1. The lowest BCUT2D eigenvalue weighted by molar-refractivity contribution is 0.0599. The molecule has 1 fully saturated rings. The average molecular weight is 504 g/mol. The Morgan fingerprint density at radius 1 is 0.919 bits per heavy atom. The van der Waals surface area contributed by atoms with Crippen LogP contribution in [0, 0.1) is 5.92 Å². The molecule has 1 N–H and O–H groups in total. The Morgan fingerprint density at radius 2 is 1.54 bits per heavy atom. The lowest BCUT2D eigenvalue weighted by Crippen LogP contribution is -2.15. The Hall–Kier alpha value is -3.94. The van der Waals surface area contributed by atoms with Crippen molar-refractivity contribution in [2.24, 2.45) is 5.92 Å². The summed E-state index contributed by atoms with van der Waals surface area (Å²) >= 11 is 0. The van der Waals surface area contributed by atoms with Gasteiger partial charge >= 0.3 is 11.9 Å². The van der Waals surface area contributed by atoms with E-state index in [-0.39, 0.29) is 22.5 Å². The monoisotopic (exact) mass is 503 g/mol. The van der Waals surface area contributed by atoms with Gasteiger partial charge in [-0.3, -0.25) is 4.79 Å². The van der Waals surface area contributed by atoms with Crippen molar-refractivity contribution >= 4 is 23.5 Å². The van der Waals surface area contributed by atoms with Crippen LogP contribution in [-0.4, -0.2) is 41.6 Å². The van der Waals surface area contributed by atoms with Gasteiger partial charge in [0.15, 0.2) is 0 Å². The number of carbonyl (C=O) groups excluding carboxylic acids is 3. The number of hydrogen-bond donors (Lipinski definition) is 1. The van der Waals surface area contributed by atoms with Gasteiger partial charge in [0.1, 0.15) is 11.5 Å². The number of nitrogens with zero attached hydrogens (tertiary/aromatic N) is 2. The minimum atomic E-state index is -0.626. The van der Waals surface area contributed by atoms with E-state index in [1.807, 2.05) is 18.2 Å². The average Bonchev–Trinajstić information content (AvgIpc) is 3.12. The van der Waals surface area contributed by atoms with Crippen LogP contribution in [0.1, 0.15) is 81.1 Å². The van der Waals surface area contributed by atoms with Crippen LogP contribution in [0.4, 0.5) is 5.69 Å². The molecule has 1 saturated carbocycles. The number of ether oxygens (including phenoxy) is 2. The zero-order valence-electron chi connectivity index (χ0n) is 21.4. The first-order valence-electron chi connectivity index (χ1n) is 12.7. The third kappa shape index (κ3) is 6.84. The van der Waals surface area contributed by atoms with Crippen LogP contribution >= 0.6 is 0 Å². The Labute approximate surface area is 217 Å². The van der Waals surface area contributed by atoms with Gasteiger partial charge in [-0.25, -0.2) is 14.6 Å². The molecule has 2 aromatic carbocycles. The molecule has 1 aliphatic rings. The van der Waals surface area contributed by atoms with Gasteiger partial charge in [0, 0.05) is 24.8 Å². The molecule has 8 heteroatoms. The van der Waals surface area contributed by atoms with E-state index in [1.54, 1.807) is 6.20 Å². The van der Waals surface area contributed by atoms with Gasteiger partial charge in [-0.05, 0) is 29.7 Å². The van der Waals surface area contributed by atoms with Crippen LogP contribution in [0.15, 0.2) is 54.7 Å². The molecular weight excluding hydrogens is 470 g/mol. The quantitative estimate of drug-likeness (QED) is 0.332. The number of carbonyl (C=O) groups is 3. The van der Waals surface area contributed by atoms with Crippen LogP contribution in [0.5, 0.6) is 0 Å². The highest BCUT2D eigenvalue weighted by atomic mass is 16.5. The highest BCUT2D eigenvalue weighted by Crippen LogP contribution is 2.26. The molecule has 0 spiro atoms. The Bertz CT molecular complexity index is 1210. The SMILES string of the molecule is COC(=O)c1cc(NC(=O)c2cn(Cc3ccccc3)c(CC3CCCCCC3)n2)cc(C(=O)OC)c1. The number of amides is 1. The van der Waals surface area contributed by atoms with E-state index in [4.69, 9.17) is 14.5 Å². The molecule has 1 aromatic heterocycles. The maximum absolute atomic E-state index is 13.3. The maximum atomic E-state index is 13.3. The molecule has 1 aliphatic carbocycles. The van der Waals surface area contributed by atoms with Crippen LogP contribution in [0.25, 0.3) is 0 Å². The number of benzene rings is 2. The second-order valence-electron chi connectivity index (χ2n) is 9.45. The topological polar surface area (TPSA) is 99.5 Å². The van der Waals surface area contributed by atoms with Crippen LogP contribution in [-0.2, 0) is 22.4 Å². The molecule has 0 radical (unpaired) electrons. The predicted octanol–water partition coefficient (Wildman–Crippen LogP) is 5.27. The summed E-state index contributed by atoms with van der Waals surface area (Å²) in [5.41, 5.74) is 1.94. The van der Waals surface area contributed by atoms with E-state index in [1.165, 1.54) is 70.9 Å². The van der Waals surface area contributed by atoms with Crippen molar-refractivity contribution < 1.29 is 23.9 Å². The Morgan fingerprint density at radius 3 is 2.14 bits per heavy atom. The zero-order chi connectivity index (χ0) is 26.2. The molecule has 0 atom stereocenters. The second kappa shape index (κ2) is 12.3. The van der Waals surface area contributed by atoms with E-state index in [0.717, 1.165) is 17.8 Å². The highest BCUT2D eigenvalue weighted by Gasteiger charge is 2.21. The number of nitrogens with one attached hydrogen (secondary N) is 1. The first-order chi connectivity index (χ1) is 18.0. The summed E-state index contributed by atoms with van der Waals surface area (Å²) in [7, 11) is 2.50. The molecule has 0 saturated heterocycles. The number of methoxy groups -OCH3 is 2. The van der Waals surface area contributed by atoms with Crippen molar-refractivity contribution in [2.75, 3.05) is 19.5 Å². The Kier molecular flexibility index (Phi) is 8.72. The van der Waals surface area contributed by atoms with E-state index in [9.17, 15) is 14.4 Å². The van der Waals surface area contributed by atoms with Crippen LogP contribution in [0.3, 0.4) is 0 Å². The first kappa shape index (κ1) is 26.1. The van der Waals surface area contributed by atoms with E-state index < -0.39 is 17.8 Å². The number of rotatable bonds is 8. The summed E-state index contributed by atoms with van der Waals surface area (Å²) in [6.07, 6.45) is 9.98. The lowest BCUT2D eigenvalue weighted by atomic mass is 9.96. The van der Waals surface area contributed by atoms with Gasteiger partial charge in [-0.15, -0.1) is 0 Å². The summed E-state index contributed by atoms with van der Waals surface area (Å²) in [5.74, 6) is -0.237. The molecule has 4 rings (SSSR count). The summed E-state index contributed by atoms with van der Waals surface area (Å²) < 4.78 is 11.6. The summed E-state index contributed by atoms with van der Waals surface area (Å²) in [4.78, 5) is 42.2.